The van der Waals surface area contributed by atoms with Gasteiger partial charge in [-0.25, -0.2) is 0 Å². The first-order chi connectivity index (χ1) is 13.0. The van der Waals surface area contributed by atoms with E-state index in [4.69, 9.17) is 4.42 Å². The molecule has 2 N–H and O–H groups in total. The Balaban J connectivity index is 1.69. The van der Waals surface area contributed by atoms with E-state index in [9.17, 15) is 14.4 Å². The van der Waals surface area contributed by atoms with Crippen molar-refractivity contribution in [2.75, 3.05) is 5.32 Å². The molecule has 0 radical (unpaired) electrons. The summed E-state index contributed by atoms with van der Waals surface area (Å²) in [6, 6.07) is 16.6. The third kappa shape index (κ3) is 4.70. The van der Waals surface area contributed by atoms with Crippen LogP contribution in [-0.4, -0.2) is 17.6 Å². The van der Waals surface area contributed by atoms with Gasteiger partial charge in [0.25, 0.3) is 11.8 Å². The van der Waals surface area contributed by atoms with E-state index in [0.717, 1.165) is 0 Å². The van der Waals surface area contributed by atoms with Crippen LogP contribution in [0.15, 0.2) is 71.3 Å². The highest BCUT2D eigenvalue weighted by Gasteiger charge is 2.12. The molecule has 0 aliphatic rings. The predicted molar refractivity (Wildman–Crippen MR) is 101 cm³/mol. The number of carbonyl (C=O) groups is 3. The van der Waals surface area contributed by atoms with Gasteiger partial charge in [-0.15, -0.1) is 0 Å². The van der Waals surface area contributed by atoms with E-state index in [-0.39, 0.29) is 24.1 Å². The van der Waals surface area contributed by atoms with Crippen LogP contribution in [0, 0.1) is 0 Å². The molecule has 0 fully saturated rings. The van der Waals surface area contributed by atoms with Crippen molar-refractivity contribution in [2.45, 2.75) is 13.5 Å². The summed E-state index contributed by atoms with van der Waals surface area (Å²) < 4.78 is 5.17. The highest BCUT2D eigenvalue weighted by Crippen LogP contribution is 2.14. The van der Waals surface area contributed by atoms with E-state index >= 15 is 0 Å². The zero-order valence-electron chi connectivity index (χ0n) is 14.7. The maximum atomic E-state index is 12.5. The normalized spacial score (nSPS) is 10.3. The van der Waals surface area contributed by atoms with Crippen molar-refractivity contribution < 1.29 is 18.8 Å². The monoisotopic (exact) mass is 362 g/mol. The summed E-state index contributed by atoms with van der Waals surface area (Å²) in [6.07, 6.45) is 1.54. The molecule has 0 saturated carbocycles. The number of benzene rings is 2. The lowest BCUT2D eigenvalue weighted by Gasteiger charge is -2.08. The molecule has 0 aliphatic heterocycles. The Labute approximate surface area is 156 Å². The molecule has 0 spiro atoms. The van der Waals surface area contributed by atoms with Crippen molar-refractivity contribution in [2.24, 2.45) is 0 Å². The second-order valence-electron chi connectivity index (χ2n) is 5.93. The molecule has 0 atom stereocenters. The van der Waals surface area contributed by atoms with Crippen molar-refractivity contribution >= 4 is 23.3 Å². The number of ketones is 1. The fourth-order valence-corrected chi connectivity index (χ4v) is 2.50. The molecule has 6 heteroatoms. The second-order valence-corrected chi connectivity index (χ2v) is 5.93. The van der Waals surface area contributed by atoms with Gasteiger partial charge in [0.2, 0.25) is 0 Å². The van der Waals surface area contributed by atoms with Crippen molar-refractivity contribution in [3.05, 3.63) is 89.4 Å². The Morgan fingerprint density at radius 1 is 0.852 bits per heavy atom. The topological polar surface area (TPSA) is 88.4 Å². The number of Topliss-reactive ketones (excluding diaryl/α,β-unsaturated/α-hetero) is 1. The average molecular weight is 362 g/mol. The first kappa shape index (κ1) is 18.1. The molecule has 0 saturated heterocycles. The van der Waals surface area contributed by atoms with Gasteiger partial charge in [0.1, 0.15) is 5.76 Å². The van der Waals surface area contributed by atoms with Crippen LogP contribution < -0.4 is 10.6 Å². The average Bonchev–Trinajstić information content (AvgIpc) is 3.20. The third-order valence-corrected chi connectivity index (χ3v) is 3.92. The molecule has 1 heterocycles. The number of amides is 2. The SMILES string of the molecule is CC(=O)c1cccc(NC(=O)c2cccc(C(=O)NCc3ccco3)c2)c1. The molecule has 136 valence electrons. The van der Waals surface area contributed by atoms with Gasteiger partial charge >= 0.3 is 0 Å². The van der Waals surface area contributed by atoms with Crippen LogP contribution in [-0.2, 0) is 6.54 Å². The zero-order chi connectivity index (χ0) is 19.2. The highest BCUT2D eigenvalue weighted by atomic mass is 16.3. The quantitative estimate of drug-likeness (QED) is 0.655. The Kier molecular flexibility index (Phi) is 5.47. The third-order valence-electron chi connectivity index (χ3n) is 3.92. The molecule has 6 nitrogen and oxygen atoms in total. The van der Waals surface area contributed by atoms with Crippen molar-refractivity contribution in [1.82, 2.24) is 5.32 Å². The van der Waals surface area contributed by atoms with Gasteiger partial charge in [-0.1, -0.05) is 18.2 Å². The predicted octanol–water partition coefficient (Wildman–Crippen LogP) is 3.66. The number of rotatable bonds is 6. The van der Waals surface area contributed by atoms with Gasteiger partial charge in [-0.3, -0.25) is 14.4 Å². The minimum Gasteiger partial charge on any atom is -0.467 e. The molecule has 27 heavy (non-hydrogen) atoms. The van der Waals surface area contributed by atoms with Crippen LogP contribution in [0.3, 0.4) is 0 Å². The standard InChI is InChI=1S/C21H18N2O4/c1-14(24)15-5-3-8-18(12-15)23-21(26)17-7-2-6-16(11-17)20(25)22-13-19-9-4-10-27-19/h2-12H,13H2,1H3,(H,22,25)(H,23,26). The molecule has 0 unspecified atom stereocenters. The van der Waals surface area contributed by atoms with Crippen molar-refractivity contribution in [1.29, 1.82) is 0 Å². The maximum absolute atomic E-state index is 12.5. The Hall–Kier alpha value is -3.67. The Bertz CT molecular complexity index is 977. The molecule has 1 aromatic heterocycles. The molecular formula is C21H18N2O4. The van der Waals surface area contributed by atoms with E-state index < -0.39 is 0 Å². The van der Waals surface area contributed by atoms with E-state index in [1.807, 2.05) is 0 Å². The molecule has 2 aromatic carbocycles. The Morgan fingerprint density at radius 2 is 1.56 bits per heavy atom. The highest BCUT2D eigenvalue weighted by molar-refractivity contribution is 6.06. The number of nitrogens with one attached hydrogen (secondary N) is 2. The summed E-state index contributed by atoms with van der Waals surface area (Å²) >= 11 is 0. The van der Waals surface area contributed by atoms with Gasteiger partial charge in [0.05, 0.1) is 12.8 Å². The molecule has 3 rings (SSSR count). The van der Waals surface area contributed by atoms with E-state index in [1.165, 1.54) is 19.3 Å². The smallest absolute Gasteiger partial charge is 0.255 e. The molecule has 0 aliphatic carbocycles. The van der Waals surface area contributed by atoms with Crippen LogP contribution in [0.4, 0.5) is 5.69 Å². The maximum Gasteiger partial charge on any atom is 0.255 e. The van der Waals surface area contributed by atoms with E-state index in [2.05, 4.69) is 10.6 Å². The lowest BCUT2D eigenvalue weighted by Crippen LogP contribution is -2.23. The molecule has 0 bridgehead atoms. The number of hydrogen-bond donors (Lipinski definition) is 2. The largest absolute Gasteiger partial charge is 0.467 e. The summed E-state index contributed by atoms with van der Waals surface area (Å²) in [5.41, 5.74) is 1.74. The summed E-state index contributed by atoms with van der Waals surface area (Å²) in [4.78, 5) is 36.2. The summed E-state index contributed by atoms with van der Waals surface area (Å²) in [6.45, 7) is 1.73. The molecule has 2 amide bonds. The summed E-state index contributed by atoms with van der Waals surface area (Å²) in [5, 5.41) is 5.47. The summed E-state index contributed by atoms with van der Waals surface area (Å²) in [7, 11) is 0. The van der Waals surface area contributed by atoms with Crippen LogP contribution >= 0.6 is 0 Å². The van der Waals surface area contributed by atoms with Crippen LogP contribution in [0.25, 0.3) is 0 Å². The first-order valence-corrected chi connectivity index (χ1v) is 8.36. The minimum absolute atomic E-state index is 0.0821. The Morgan fingerprint density at radius 3 is 2.26 bits per heavy atom. The van der Waals surface area contributed by atoms with Gasteiger partial charge in [0.15, 0.2) is 5.78 Å². The van der Waals surface area contributed by atoms with Gasteiger partial charge in [-0.05, 0) is 49.4 Å². The lowest BCUT2D eigenvalue weighted by molar-refractivity contribution is 0.0947. The first-order valence-electron chi connectivity index (χ1n) is 8.36. The van der Waals surface area contributed by atoms with Crippen LogP contribution in [0.5, 0.6) is 0 Å². The lowest BCUT2D eigenvalue weighted by atomic mass is 10.1. The van der Waals surface area contributed by atoms with Crippen LogP contribution in [0.2, 0.25) is 0 Å². The number of furan rings is 1. The van der Waals surface area contributed by atoms with Gasteiger partial charge < -0.3 is 15.1 Å². The molecular weight excluding hydrogens is 344 g/mol. The number of hydrogen-bond acceptors (Lipinski definition) is 4. The van der Waals surface area contributed by atoms with Gasteiger partial charge in [0, 0.05) is 22.4 Å². The number of anilines is 1. The summed E-state index contributed by atoms with van der Waals surface area (Å²) in [5.74, 6) is -0.111. The van der Waals surface area contributed by atoms with Gasteiger partial charge in [-0.2, -0.15) is 0 Å². The zero-order valence-corrected chi connectivity index (χ0v) is 14.7. The van der Waals surface area contributed by atoms with E-state index in [1.54, 1.807) is 54.6 Å². The van der Waals surface area contributed by atoms with E-state index in [0.29, 0.717) is 28.1 Å². The number of carbonyl (C=O) groups excluding carboxylic acids is 3. The minimum atomic E-state index is -0.364. The van der Waals surface area contributed by atoms with Crippen molar-refractivity contribution in [3.8, 4) is 0 Å². The van der Waals surface area contributed by atoms with Crippen LogP contribution in [0.1, 0.15) is 43.8 Å². The van der Waals surface area contributed by atoms with Crippen molar-refractivity contribution in [3.63, 3.8) is 0 Å². The fraction of sp³-hybridized carbons (Fsp3) is 0.0952. The second kappa shape index (κ2) is 8.14. The molecule has 3 aromatic rings. The fourth-order valence-electron chi connectivity index (χ4n) is 2.50.